The number of benzene rings is 2. The molecule has 0 fully saturated rings. The smallest absolute Gasteiger partial charge is 0.440 e. The van der Waals surface area contributed by atoms with Crippen molar-refractivity contribution in [1.82, 2.24) is 10.0 Å². The Labute approximate surface area is 265 Å². The number of hydrogen-bond acceptors (Lipinski definition) is 11. The molecule has 14 heteroatoms. The lowest BCUT2D eigenvalue weighted by molar-refractivity contribution is -0.187. The minimum absolute atomic E-state index is 0.0865. The van der Waals surface area contributed by atoms with E-state index in [0.29, 0.717) is 10.6 Å². The molecule has 0 aromatic heterocycles. The first-order valence-corrected chi connectivity index (χ1v) is 14.2. The van der Waals surface area contributed by atoms with Gasteiger partial charge in [-0.3, -0.25) is 9.59 Å². The first kappa shape index (κ1) is 35.7. The van der Waals surface area contributed by atoms with Crippen LogP contribution in [0.3, 0.4) is 0 Å². The van der Waals surface area contributed by atoms with Gasteiger partial charge in [0, 0.05) is 28.7 Å². The Morgan fingerprint density at radius 1 is 0.913 bits per heavy atom. The summed E-state index contributed by atoms with van der Waals surface area (Å²) >= 11 is 0. The Hall–Kier alpha value is -4.79. The van der Waals surface area contributed by atoms with Crippen LogP contribution in [-0.2, 0) is 19.1 Å². The van der Waals surface area contributed by atoms with Gasteiger partial charge >= 0.3 is 24.3 Å². The molecule has 4 atom stereocenters. The summed E-state index contributed by atoms with van der Waals surface area (Å²) < 4.78 is 15.2. The zero-order valence-electron chi connectivity index (χ0n) is 26.5. The number of carboxylic acids is 1. The Morgan fingerprint density at radius 3 is 2.04 bits per heavy atom. The lowest BCUT2D eigenvalue weighted by Gasteiger charge is -2.41. The molecule has 2 aromatic rings. The molecule has 0 aliphatic heterocycles. The van der Waals surface area contributed by atoms with Gasteiger partial charge in [0.1, 0.15) is 18.0 Å². The fraction of sp³-hybridized carbons (Fsp3) is 0.406. The molecular weight excluding hydrogens is 604 g/mol. The average molecular weight is 643 g/mol. The van der Waals surface area contributed by atoms with Crippen LogP contribution in [0.25, 0.3) is 0 Å². The second kappa shape index (κ2) is 14.1. The highest BCUT2D eigenvalue weighted by molar-refractivity contribution is 6.07. The highest BCUT2D eigenvalue weighted by atomic mass is 16.7. The van der Waals surface area contributed by atoms with Gasteiger partial charge in [0.25, 0.3) is 11.8 Å². The van der Waals surface area contributed by atoms with Gasteiger partial charge in [0.2, 0.25) is 0 Å². The topological polar surface area (TPSA) is 200 Å². The number of hydrazine groups is 1. The number of imide groups is 1. The van der Waals surface area contributed by atoms with Gasteiger partial charge in [-0.1, -0.05) is 23.3 Å². The third kappa shape index (κ3) is 7.88. The second-order valence-corrected chi connectivity index (χ2v) is 11.8. The van der Waals surface area contributed by atoms with Crippen LogP contribution in [0, 0.1) is 20.8 Å². The van der Waals surface area contributed by atoms with Crippen molar-refractivity contribution in [1.29, 1.82) is 0 Å². The molecule has 0 saturated heterocycles. The largest absolute Gasteiger partial charge is 0.496 e. The van der Waals surface area contributed by atoms with Gasteiger partial charge < -0.3 is 34.6 Å². The first-order chi connectivity index (χ1) is 21.4. The highest BCUT2D eigenvalue weighted by Gasteiger charge is 2.44. The summed E-state index contributed by atoms with van der Waals surface area (Å²) in [5.74, 6) is -4.93. The summed E-state index contributed by atoms with van der Waals surface area (Å²) in [6.45, 7) is 9.67. The van der Waals surface area contributed by atoms with E-state index >= 15 is 0 Å². The number of methoxy groups -OCH3 is 1. The van der Waals surface area contributed by atoms with E-state index in [0.717, 1.165) is 22.2 Å². The zero-order valence-corrected chi connectivity index (χ0v) is 26.5. The Kier molecular flexibility index (Phi) is 10.9. The molecule has 0 bridgehead atoms. The van der Waals surface area contributed by atoms with Crippen molar-refractivity contribution in [3.8, 4) is 5.75 Å². The number of carbonyl (C=O) groups is 5. The van der Waals surface area contributed by atoms with Crippen LogP contribution in [0.4, 0.5) is 4.79 Å². The summed E-state index contributed by atoms with van der Waals surface area (Å²) in [4.78, 5) is 67.1. The van der Waals surface area contributed by atoms with E-state index in [4.69, 9.17) is 14.2 Å². The Balaban J connectivity index is 2.10. The van der Waals surface area contributed by atoms with Crippen molar-refractivity contribution in [3.63, 3.8) is 0 Å². The monoisotopic (exact) mass is 642 g/mol. The molecule has 0 saturated carbocycles. The third-order valence-corrected chi connectivity index (χ3v) is 7.03. The van der Waals surface area contributed by atoms with E-state index in [1.807, 2.05) is 6.07 Å². The molecular formula is C32H38N2O12. The number of rotatable bonds is 7. The molecule has 3 rings (SSSR count). The molecule has 2 aromatic carbocycles. The molecule has 248 valence electrons. The molecule has 1 aliphatic rings. The minimum atomic E-state index is -2.64. The van der Waals surface area contributed by atoms with Gasteiger partial charge in [-0.2, -0.15) is 0 Å². The van der Waals surface area contributed by atoms with Crippen LogP contribution >= 0.6 is 0 Å². The molecule has 4 unspecified atom stereocenters. The molecule has 3 amide bonds. The normalized spacial score (nSPS) is 18.5. The number of carboxylic acid groups (broad SMARTS) is 1. The van der Waals surface area contributed by atoms with Crippen molar-refractivity contribution >= 4 is 29.8 Å². The number of esters is 1. The van der Waals surface area contributed by atoms with Crippen molar-refractivity contribution in [2.24, 2.45) is 0 Å². The number of aliphatic hydroxyl groups excluding tert-OH is 3. The van der Waals surface area contributed by atoms with Crippen LogP contribution in [-0.4, -0.2) is 97.5 Å². The van der Waals surface area contributed by atoms with E-state index in [9.17, 15) is 44.4 Å². The summed E-state index contributed by atoms with van der Waals surface area (Å²) in [7, 11) is 1.37. The lowest BCUT2D eigenvalue weighted by atomic mass is 9.92. The first-order valence-electron chi connectivity index (χ1n) is 14.2. The summed E-state index contributed by atoms with van der Waals surface area (Å²) in [5.41, 5.74) is 0.0737. The Bertz CT molecular complexity index is 1540. The SMILES string of the molecule is COc1cccc(C(=O)N(C(=O)OC(OC(=O)C2=CC(O)C(O)C(O)C2)C(=O)O)N(C(=O)c2cc(C)cc(C)c2)C(C)(C)C)c1C. The van der Waals surface area contributed by atoms with Crippen LogP contribution in [0.1, 0.15) is 64.6 Å². The zero-order chi connectivity index (χ0) is 34.7. The maximum Gasteiger partial charge on any atom is 0.440 e. The van der Waals surface area contributed by atoms with E-state index in [2.05, 4.69) is 0 Å². The maximum atomic E-state index is 14.2. The van der Waals surface area contributed by atoms with E-state index in [-0.39, 0.29) is 16.9 Å². The van der Waals surface area contributed by atoms with Gasteiger partial charge in [0.05, 0.1) is 18.8 Å². The fourth-order valence-corrected chi connectivity index (χ4v) is 4.89. The predicted molar refractivity (Wildman–Crippen MR) is 160 cm³/mol. The molecule has 0 spiro atoms. The Morgan fingerprint density at radius 2 is 1.52 bits per heavy atom. The van der Waals surface area contributed by atoms with Gasteiger partial charge in [-0.05, 0) is 71.9 Å². The summed E-state index contributed by atoms with van der Waals surface area (Å²) in [6.07, 6.45) is -8.76. The third-order valence-electron chi connectivity index (χ3n) is 7.03. The average Bonchev–Trinajstić information content (AvgIpc) is 2.96. The van der Waals surface area contributed by atoms with E-state index < -0.39 is 72.0 Å². The van der Waals surface area contributed by atoms with E-state index in [1.54, 1.807) is 39.0 Å². The van der Waals surface area contributed by atoms with Gasteiger partial charge in [0.15, 0.2) is 0 Å². The highest BCUT2D eigenvalue weighted by Crippen LogP contribution is 2.28. The lowest BCUT2D eigenvalue weighted by Crippen LogP contribution is -2.61. The van der Waals surface area contributed by atoms with Crippen molar-refractivity contribution < 1.29 is 58.6 Å². The van der Waals surface area contributed by atoms with Crippen molar-refractivity contribution in [2.45, 2.75) is 78.1 Å². The predicted octanol–water partition coefficient (Wildman–Crippen LogP) is 2.42. The minimum Gasteiger partial charge on any atom is -0.496 e. The summed E-state index contributed by atoms with van der Waals surface area (Å²) in [5, 5.41) is 40.5. The van der Waals surface area contributed by atoms with Crippen LogP contribution in [0.15, 0.2) is 48.0 Å². The number of hydrogen-bond donors (Lipinski definition) is 4. The standard InChI is InChI=1S/C32H38N2O12/c1-16-11-17(2)13-19(12-16)26(38)34(32(4,5)6)33(27(39)21-9-8-10-24(44-7)18(21)3)31(43)46-30(28(40)41)45-29(42)20-14-22(35)25(37)23(36)15-20/h8-14,22-23,25,30,35-37H,15H2,1-7H3,(H,40,41). The summed E-state index contributed by atoms with van der Waals surface area (Å²) in [6, 6.07) is 9.36. The number of ether oxygens (including phenoxy) is 3. The number of nitrogens with zero attached hydrogens (tertiary/aromatic N) is 2. The number of aliphatic carboxylic acids is 1. The molecule has 4 N–H and O–H groups in total. The number of aryl methyl sites for hydroxylation is 2. The number of aliphatic hydroxyl groups is 3. The van der Waals surface area contributed by atoms with Crippen molar-refractivity contribution in [3.05, 3.63) is 75.9 Å². The molecule has 1 aliphatic carbocycles. The molecule has 0 radical (unpaired) electrons. The van der Waals surface area contributed by atoms with Gasteiger partial charge in [-0.25, -0.2) is 19.4 Å². The van der Waals surface area contributed by atoms with Crippen LogP contribution in [0.5, 0.6) is 5.75 Å². The van der Waals surface area contributed by atoms with Gasteiger partial charge in [-0.15, -0.1) is 5.01 Å². The molecule has 14 nitrogen and oxygen atoms in total. The second-order valence-electron chi connectivity index (χ2n) is 11.8. The number of carbonyl (C=O) groups excluding carboxylic acids is 4. The molecule has 46 heavy (non-hydrogen) atoms. The van der Waals surface area contributed by atoms with Crippen LogP contribution in [0.2, 0.25) is 0 Å². The number of amides is 3. The van der Waals surface area contributed by atoms with E-state index in [1.165, 1.54) is 40.0 Å². The maximum absolute atomic E-state index is 14.2. The fourth-order valence-electron chi connectivity index (χ4n) is 4.89. The van der Waals surface area contributed by atoms with Crippen molar-refractivity contribution in [2.75, 3.05) is 7.11 Å². The molecule has 0 heterocycles. The van der Waals surface area contributed by atoms with Crippen LogP contribution < -0.4 is 4.74 Å². The quantitative estimate of drug-likeness (QED) is 0.196.